The molecule has 1 aliphatic heterocycles. The molecule has 0 spiro atoms. The van der Waals surface area contributed by atoms with Crippen LogP contribution < -0.4 is 5.32 Å². The fourth-order valence-electron chi connectivity index (χ4n) is 3.63. The van der Waals surface area contributed by atoms with Crippen molar-refractivity contribution in [3.63, 3.8) is 0 Å². The number of aliphatic imine (C=N–C) groups is 1. The minimum atomic E-state index is 0.743. The van der Waals surface area contributed by atoms with Crippen LogP contribution in [0.5, 0.6) is 0 Å². The molecule has 3 rings (SSSR count). The molecule has 0 saturated carbocycles. The Morgan fingerprint density at radius 1 is 1.10 bits per heavy atom. The van der Waals surface area contributed by atoms with Crippen LogP contribution in [0.15, 0.2) is 41.5 Å². The van der Waals surface area contributed by atoms with Gasteiger partial charge in [0.15, 0.2) is 5.96 Å². The van der Waals surface area contributed by atoms with Crippen LogP contribution in [-0.2, 0) is 26.7 Å². The lowest BCUT2D eigenvalue weighted by Crippen LogP contribution is -2.43. The van der Waals surface area contributed by atoms with Crippen molar-refractivity contribution in [1.29, 1.82) is 0 Å². The van der Waals surface area contributed by atoms with E-state index in [2.05, 4.69) is 56.3 Å². The van der Waals surface area contributed by atoms with Gasteiger partial charge >= 0.3 is 0 Å². The Kier molecular flexibility index (Phi) is 7.58. The number of hydrogen-bond donors (Lipinski definition) is 1. The van der Waals surface area contributed by atoms with Crippen LogP contribution in [0.25, 0.3) is 0 Å². The van der Waals surface area contributed by atoms with E-state index in [1.807, 2.05) is 38.0 Å². The number of rotatable bonds is 6. The minimum absolute atomic E-state index is 0.743. The van der Waals surface area contributed by atoms with Crippen molar-refractivity contribution in [3.8, 4) is 0 Å². The molecular weight excluding hydrogens is 384 g/mol. The molecule has 1 fully saturated rings. The first-order chi connectivity index (χ1) is 13.9. The van der Waals surface area contributed by atoms with E-state index >= 15 is 0 Å². The lowest BCUT2D eigenvalue weighted by molar-refractivity contribution is 0.148. The Bertz CT molecular complexity index is 805. The Labute approximate surface area is 179 Å². The first-order valence-electron chi connectivity index (χ1n) is 10.2. The summed E-state index contributed by atoms with van der Waals surface area (Å²) < 4.78 is 2.05. The third-order valence-electron chi connectivity index (χ3n) is 5.52. The summed E-state index contributed by atoms with van der Waals surface area (Å²) in [4.78, 5) is 11.4. The van der Waals surface area contributed by atoms with Gasteiger partial charge < -0.3 is 19.7 Å². The van der Waals surface area contributed by atoms with E-state index < -0.39 is 0 Å². The quantitative estimate of drug-likeness (QED) is 0.580. The molecule has 2 aromatic rings. The van der Waals surface area contributed by atoms with Crippen LogP contribution in [0.2, 0.25) is 5.02 Å². The molecule has 1 saturated heterocycles. The van der Waals surface area contributed by atoms with Crippen LogP contribution in [0.4, 0.5) is 0 Å². The second-order valence-electron chi connectivity index (χ2n) is 7.91. The van der Waals surface area contributed by atoms with E-state index in [0.29, 0.717) is 0 Å². The highest BCUT2D eigenvalue weighted by atomic mass is 35.5. The molecule has 29 heavy (non-hydrogen) atoms. The molecule has 2 heterocycles. The van der Waals surface area contributed by atoms with Crippen LogP contribution >= 0.6 is 11.6 Å². The molecule has 0 atom stereocenters. The van der Waals surface area contributed by atoms with Crippen molar-refractivity contribution in [1.82, 2.24) is 24.6 Å². The number of likely N-dealkylation sites (N-methyl/N-ethyl adjacent to an activating group) is 1. The average molecular weight is 417 g/mol. The lowest BCUT2D eigenvalue weighted by Gasteiger charge is -2.32. The minimum Gasteiger partial charge on any atom is -0.352 e. The number of piperazine rings is 1. The van der Waals surface area contributed by atoms with Gasteiger partial charge in [-0.2, -0.15) is 0 Å². The number of hydrogen-bond acceptors (Lipinski definition) is 3. The molecule has 0 aliphatic carbocycles. The van der Waals surface area contributed by atoms with Crippen LogP contribution in [0, 0.1) is 0 Å². The molecule has 6 nitrogen and oxygen atoms in total. The number of aromatic nitrogens is 1. The number of aryl methyl sites for hydroxylation is 1. The summed E-state index contributed by atoms with van der Waals surface area (Å²) in [7, 11) is 8.06. The molecule has 0 bridgehead atoms. The van der Waals surface area contributed by atoms with Crippen molar-refractivity contribution >= 4 is 17.6 Å². The molecule has 0 unspecified atom stereocenters. The summed E-state index contributed by atoms with van der Waals surface area (Å²) in [5, 5.41) is 4.22. The molecule has 1 aromatic heterocycles. The van der Waals surface area contributed by atoms with Gasteiger partial charge in [0, 0.05) is 72.3 Å². The van der Waals surface area contributed by atoms with Crippen molar-refractivity contribution in [2.45, 2.75) is 19.6 Å². The fourth-order valence-corrected chi connectivity index (χ4v) is 3.91. The van der Waals surface area contributed by atoms with Gasteiger partial charge in [-0.05, 0) is 24.2 Å². The van der Waals surface area contributed by atoms with E-state index in [0.717, 1.165) is 62.5 Å². The predicted octanol–water partition coefficient (Wildman–Crippen LogP) is 2.63. The second-order valence-corrected chi connectivity index (χ2v) is 8.35. The zero-order valence-electron chi connectivity index (χ0n) is 18.0. The van der Waals surface area contributed by atoms with Gasteiger partial charge in [0.2, 0.25) is 0 Å². The number of guanidine groups is 1. The van der Waals surface area contributed by atoms with Crippen LogP contribution in [-0.4, -0.2) is 72.5 Å². The highest BCUT2D eigenvalue weighted by Crippen LogP contribution is 2.14. The predicted molar refractivity (Wildman–Crippen MR) is 121 cm³/mol. The molecule has 0 amide bonds. The Hall–Kier alpha value is -2.02. The monoisotopic (exact) mass is 416 g/mol. The van der Waals surface area contributed by atoms with E-state index in [9.17, 15) is 0 Å². The Morgan fingerprint density at radius 3 is 2.34 bits per heavy atom. The van der Waals surface area contributed by atoms with Gasteiger partial charge in [0.25, 0.3) is 0 Å². The molecule has 7 heteroatoms. The maximum absolute atomic E-state index is 6.09. The Morgan fingerprint density at radius 2 is 1.76 bits per heavy atom. The van der Waals surface area contributed by atoms with Crippen molar-refractivity contribution in [2.24, 2.45) is 12.0 Å². The maximum Gasteiger partial charge on any atom is 0.194 e. The number of benzene rings is 1. The van der Waals surface area contributed by atoms with Gasteiger partial charge in [0.05, 0.1) is 11.6 Å². The molecule has 1 aliphatic rings. The normalized spacial score (nSPS) is 16.2. The zero-order chi connectivity index (χ0) is 20.8. The molecule has 158 valence electrons. The zero-order valence-corrected chi connectivity index (χ0v) is 18.8. The third-order valence-corrected chi connectivity index (χ3v) is 5.73. The van der Waals surface area contributed by atoms with Crippen molar-refractivity contribution in [3.05, 3.63) is 58.4 Å². The van der Waals surface area contributed by atoms with Crippen LogP contribution in [0.3, 0.4) is 0 Å². The van der Waals surface area contributed by atoms with E-state index in [-0.39, 0.29) is 0 Å². The topological polar surface area (TPSA) is 39.0 Å². The maximum atomic E-state index is 6.09. The average Bonchev–Trinajstić information content (AvgIpc) is 3.02. The first kappa shape index (κ1) is 21.7. The second kappa shape index (κ2) is 10.1. The van der Waals surface area contributed by atoms with E-state index in [1.54, 1.807) is 0 Å². The SMILES string of the molecule is CN=C(NCc1ccc(CN2CCN(C)CC2)cc1)N(C)Cc1cc(Cl)cn1C. The number of nitrogens with zero attached hydrogens (tertiary/aromatic N) is 5. The molecule has 0 radical (unpaired) electrons. The largest absolute Gasteiger partial charge is 0.352 e. The van der Waals surface area contributed by atoms with Crippen molar-refractivity contribution in [2.75, 3.05) is 47.3 Å². The molecule has 1 N–H and O–H groups in total. The van der Waals surface area contributed by atoms with E-state index in [4.69, 9.17) is 11.6 Å². The van der Waals surface area contributed by atoms with Crippen molar-refractivity contribution < 1.29 is 0 Å². The van der Waals surface area contributed by atoms with Gasteiger partial charge in [-0.25, -0.2) is 0 Å². The smallest absolute Gasteiger partial charge is 0.194 e. The molecular formula is C22H33ClN6. The highest BCUT2D eigenvalue weighted by molar-refractivity contribution is 6.30. The summed E-state index contributed by atoms with van der Waals surface area (Å²) >= 11 is 6.09. The van der Waals surface area contributed by atoms with Gasteiger partial charge in [0.1, 0.15) is 0 Å². The summed E-state index contributed by atoms with van der Waals surface area (Å²) in [6, 6.07) is 10.9. The summed E-state index contributed by atoms with van der Waals surface area (Å²) in [6.07, 6.45) is 1.92. The summed E-state index contributed by atoms with van der Waals surface area (Å²) in [6.45, 7) is 7.13. The third kappa shape index (κ3) is 6.23. The first-order valence-corrected chi connectivity index (χ1v) is 10.5. The fraction of sp³-hybridized carbons (Fsp3) is 0.500. The Balaban J connectivity index is 1.49. The van der Waals surface area contributed by atoms with Crippen LogP contribution in [0.1, 0.15) is 16.8 Å². The van der Waals surface area contributed by atoms with E-state index in [1.165, 1.54) is 11.1 Å². The highest BCUT2D eigenvalue weighted by Gasteiger charge is 2.14. The number of halogens is 1. The summed E-state index contributed by atoms with van der Waals surface area (Å²) in [5.41, 5.74) is 3.78. The standard InChI is InChI=1S/C22H33ClN6/c1-24-22(28(4)17-21-13-20(23)16-27(21)3)25-14-18-5-7-19(8-6-18)15-29-11-9-26(2)10-12-29/h5-8,13,16H,9-12,14-15,17H2,1-4H3,(H,24,25). The summed E-state index contributed by atoms with van der Waals surface area (Å²) in [5.74, 6) is 0.865. The lowest BCUT2D eigenvalue weighted by atomic mass is 10.1. The van der Waals surface area contributed by atoms with Gasteiger partial charge in [-0.1, -0.05) is 35.9 Å². The van der Waals surface area contributed by atoms with Gasteiger partial charge in [-0.3, -0.25) is 9.89 Å². The van der Waals surface area contributed by atoms with Gasteiger partial charge in [-0.15, -0.1) is 0 Å². The number of nitrogens with one attached hydrogen (secondary N) is 1. The molecule has 1 aromatic carbocycles.